The van der Waals surface area contributed by atoms with Crippen molar-refractivity contribution in [1.82, 2.24) is 0 Å². The predicted octanol–water partition coefficient (Wildman–Crippen LogP) is -0.261. The van der Waals surface area contributed by atoms with Gasteiger partial charge in [0.25, 0.3) is 0 Å². The summed E-state index contributed by atoms with van der Waals surface area (Å²) in [6.45, 7) is 1.27. The van der Waals surface area contributed by atoms with Crippen LogP contribution in [0.3, 0.4) is 0 Å². The molecule has 0 amide bonds. The number of benzene rings is 1. The monoisotopic (exact) mass is 324 g/mol. The highest BCUT2D eigenvalue weighted by Crippen LogP contribution is 2.50. The van der Waals surface area contributed by atoms with Gasteiger partial charge in [-0.15, -0.1) is 0 Å². The summed E-state index contributed by atoms with van der Waals surface area (Å²) in [5, 5.41) is 51.4. The smallest absolute Gasteiger partial charge is 0.170 e. The molecule has 3 rings (SSSR count). The number of phenols is 1. The molecule has 5 N–H and O–H groups in total. The molecule has 6 atom stereocenters. The molecule has 0 aliphatic heterocycles. The number of ketones is 1. The number of carbonyl (C=O) groups is 1. The lowest BCUT2D eigenvalue weighted by molar-refractivity contribution is -0.203. The molecule has 23 heavy (non-hydrogen) atoms. The first-order valence-electron chi connectivity index (χ1n) is 7.41. The van der Waals surface area contributed by atoms with Gasteiger partial charge in [0.15, 0.2) is 5.78 Å². The number of hydrogen-bond donors (Lipinski definition) is 5. The average Bonchev–Trinajstić information content (AvgIpc) is 2.49. The zero-order chi connectivity index (χ0) is 17.1. The Morgan fingerprint density at radius 2 is 1.91 bits per heavy atom. The van der Waals surface area contributed by atoms with Gasteiger partial charge in [-0.3, -0.25) is 4.79 Å². The molecule has 1 saturated carbocycles. The molecule has 2 aliphatic carbocycles. The van der Waals surface area contributed by atoms with Gasteiger partial charge in [0.1, 0.15) is 17.1 Å². The maximum Gasteiger partial charge on any atom is 0.170 e. The number of aliphatic hydroxyl groups is 4. The largest absolute Gasteiger partial charge is 0.507 e. The van der Waals surface area contributed by atoms with Crippen molar-refractivity contribution < 1.29 is 35.1 Å². The van der Waals surface area contributed by atoms with E-state index in [9.17, 15) is 30.3 Å². The second-order valence-electron chi connectivity index (χ2n) is 6.53. The summed E-state index contributed by atoms with van der Waals surface area (Å²) < 4.78 is 5.03. The fourth-order valence-corrected chi connectivity index (χ4v) is 3.75. The molecule has 1 aromatic rings. The van der Waals surface area contributed by atoms with Crippen molar-refractivity contribution in [3.63, 3.8) is 0 Å². The summed E-state index contributed by atoms with van der Waals surface area (Å²) in [7, 11) is 1.39. The molecule has 0 spiro atoms. The molecule has 2 aliphatic rings. The van der Waals surface area contributed by atoms with Gasteiger partial charge < -0.3 is 30.3 Å². The van der Waals surface area contributed by atoms with Gasteiger partial charge in [-0.05, 0) is 25.0 Å². The van der Waals surface area contributed by atoms with E-state index in [0.717, 1.165) is 0 Å². The summed E-state index contributed by atoms with van der Waals surface area (Å²) in [6.07, 6.45) is -4.17. The molecule has 7 heteroatoms. The zero-order valence-electron chi connectivity index (χ0n) is 12.8. The van der Waals surface area contributed by atoms with Crippen LogP contribution in [0.25, 0.3) is 0 Å². The highest BCUT2D eigenvalue weighted by atomic mass is 16.5. The van der Waals surface area contributed by atoms with Crippen LogP contribution in [0, 0.1) is 11.8 Å². The van der Waals surface area contributed by atoms with Crippen molar-refractivity contribution in [3.8, 4) is 11.5 Å². The number of phenolic OH excluding ortho intramolecular Hbond substituents is 1. The van der Waals surface area contributed by atoms with Crippen LogP contribution in [0.4, 0.5) is 0 Å². The normalized spacial score (nSPS) is 39.6. The van der Waals surface area contributed by atoms with Crippen molar-refractivity contribution in [2.45, 2.75) is 37.3 Å². The second kappa shape index (κ2) is 5.17. The Bertz CT molecular complexity index is 654. The van der Waals surface area contributed by atoms with Gasteiger partial charge in [0, 0.05) is 17.9 Å². The van der Waals surface area contributed by atoms with Crippen LogP contribution in [0.2, 0.25) is 0 Å². The molecule has 1 aromatic carbocycles. The van der Waals surface area contributed by atoms with Gasteiger partial charge in [-0.2, -0.15) is 0 Å². The molecule has 7 nitrogen and oxygen atoms in total. The molecule has 0 unspecified atom stereocenters. The lowest BCUT2D eigenvalue weighted by atomic mass is 9.60. The molecule has 126 valence electrons. The SMILES string of the molecule is COc1cc(O)c2c(c1)[C@@H](O)[C@H]1[C@@H](C[C@H](O)[C@](C)(O)[C@H]1O)C2=O. The third-order valence-electron chi connectivity index (χ3n) is 5.20. The third kappa shape index (κ3) is 2.15. The number of aliphatic hydroxyl groups excluding tert-OH is 3. The van der Waals surface area contributed by atoms with E-state index < -0.39 is 41.5 Å². The van der Waals surface area contributed by atoms with E-state index in [4.69, 9.17) is 4.74 Å². The Hall–Kier alpha value is -1.67. The number of ether oxygens (including phenoxy) is 1. The van der Waals surface area contributed by atoms with Crippen molar-refractivity contribution in [3.05, 3.63) is 23.3 Å². The summed E-state index contributed by atoms with van der Waals surface area (Å²) in [4.78, 5) is 12.7. The van der Waals surface area contributed by atoms with Crippen molar-refractivity contribution in [2.24, 2.45) is 11.8 Å². The Morgan fingerprint density at radius 1 is 1.26 bits per heavy atom. The summed E-state index contributed by atoms with van der Waals surface area (Å²) in [6, 6.07) is 2.70. The second-order valence-corrected chi connectivity index (χ2v) is 6.53. The molecular formula is C16H20O7. The van der Waals surface area contributed by atoms with Gasteiger partial charge in [-0.25, -0.2) is 0 Å². The Labute approximate surface area is 132 Å². The van der Waals surface area contributed by atoms with E-state index in [1.165, 1.54) is 26.2 Å². The van der Waals surface area contributed by atoms with E-state index in [2.05, 4.69) is 0 Å². The lowest BCUT2D eigenvalue weighted by Crippen LogP contribution is -2.62. The predicted molar refractivity (Wildman–Crippen MR) is 78.2 cm³/mol. The van der Waals surface area contributed by atoms with E-state index in [-0.39, 0.29) is 29.0 Å². The highest BCUT2D eigenvalue weighted by Gasteiger charge is 2.57. The third-order valence-corrected chi connectivity index (χ3v) is 5.20. The standard InChI is InChI=1S/C16H20O7/c1-16(22)10(18)5-8-12(15(16)21)14(20)7-3-6(23-2)4-9(17)11(7)13(8)19/h3-4,8,10,12,14-15,17-18,20-22H,5H2,1-2H3/t8-,10+,12-,14-,15+,16+/m1/s1. The van der Waals surface area contributed by atoms with Crippen molar-refractivity contribution in [2.75, 3.05) is 7.11 Å². The molecule has 0 heterocycles. The van der Waals surface area contributed by atoms with E-state index >= 15 is 0 Å². The van der Waals surface area contributed by atoms with Gasteiger partial charge >= 0.3 is 0 Å². The minimum Gasteiger partial charge on any atom is -0.507 e. The lowest BCUT2D eigenvalue weighted by Gasteiger charge is -2.50. The molecular weight excluding hydrogens is 304 g/mol. The van der Waals surface area contributed by atoms with Crippen LogP contribution < -0.4 is 4.74 Å². The van der Waals surface area contributed by atoms with Gasteiger partial charge in [0.05, 0.1) is 31.0 Å². The van der Waals surface area contributed by atoms with Crippen LogP contribution >= 0.6 is 0 Å². The Morgan fingerprint density at radius 3 is 2.52 bits per heavy atom. The number of rotatable bonds is 1. The quantitative estimate of drug-likeness (QED) is 0.481. The molecule has 0 aromatic heterocycles. The number of aromatic hydroxyl groups is 1. The Kier molecular flexibility index (Phi) is 3.64. The van der Waals surface area contributed by atoms with Crippen molar-refractivity contribution >= 4 is 5.78 Å². The average molecular weight is 324 g/mol. The number of hydrogen-bond acceptors (Lipinski definition) is 7. The summed E-state index contributed by atoms with van der Waals surface area (Å²) >= 11 is 0. The number of fused-ring (bicyclic) bond motifs is 2. The maximum absolute atomic E-state index is 12.7. The summed E-state index contributed by atoms with van der Waals surface area (Å²) in [5.41, 5.74) is -1.71. The van der Waals surface area contributed by atoms with Gasteiger partial charge in [-0.1, -0.05) is 0 Å². The van der Waals surface area contributed by atoms with Crippen LogP contribution in [0.5, 0.6) is 11.5 Å². The van der Waals surface area contributed by atoms with E-state index in [1.54, 1.807) is 0 Å². The van der Waals surface area contributed by atoms with E-state index in [1.807, 2.05) is 0 Å². The number of carbonyl (C=O) groups excluding carboxylic acids is 1. The molecule has 0 bridgehead atoms. The minimum absolute atomic E-state index is 0.0273. The minimum atomic E-state index is -1.83. The van der Waals surface area contributed by atoms with Gasteiger partial charge in [0.2, 0.25) is 0 Å². The first kappa shape index (κ1) is 16.2. The highest BCUT2D eigenvalue weighted by molar-refractivity contribution is 6.03. The zero-order valence-corrected chi connectivity index (χ0v) is 12.8. The summed E-state index contributed by atoms with van der Waals surface area (Å²) in [5.74, 6) is -2.38. The fraction of sp³-hybridized carbons (Fsp3) is 0.562. The first-order valence-corrected chi connectivity index (χ1v) is 7.41. The van der Waals surface area contributed by atoms with Crippen molar-refractivity contribution in [1.29, 1.82) is 0 Å². The van der Waals surface area contributed by atoms with Crippen LogP contribution in [0.1, 0.15) is 35.4 Å². The topological polar surface area (TPSA) is 127 Å². The first-order chi connectivity index (χ1) is 10.7. The molecule has 0 saturated heterocycles. The van der Waals surface area contributed by atoms with Crippen LogP contribution in [0.15, 0.2) is 12.1 Å². The van der Waals surface area contributed by atoms with E-state index in [0.29, 0.717) is 0 Å². The molecule has 1 fully saturated rings. The number of methoxy groups -OCH3 is 1. The fourth-order valence-electron chi connectivity index (χ4n) is 3.75. The van der Waals surface area contributed by atoms with Crippen LogP contribution in [-0.2, 0) is 0 Å². The number of Topliss-reactive ketones (excluding diaryl/α,β-unsaturated/α-hetero) is 1. The van der Waals surface area contributed by atoms with Crippen LogP contribution in [-0.4, -0.2) is 56.2 Å². The maximum atomic E-state index is 12.7. The Balaban J connectivity index is 2.15. The molecule has 0 radical (unpaired) electrons.